The third kappa shape index (κ3) is 2.70. The molecule has 0 saturated carbocycles. The number of benzene rings is 1. The molecule has 1 heterocycles. The summed E-state index contributed by atoms with van der Waals surface area (Å²) in [5.41, 5.74) is 0.317. The molecular weight excluding hydrogens is 270 g/mol. The van der Waals surface area contributed by atoms with Crippen LogP contribution in [0.5, 0.6) is 0 Å². The average molecular weight is 289 g/mol. The predicted octanol–water partition coefficient (Wildman–Crippen LogP) is 3.44. The molecular formula is C14H19ClF2N2. The van der Waals surface area contributed by atoms with E-state index in [1.807, 2.05) is 18.9 Å². The fourth-order valence-electron chi connectivity index (χ4n) is 2.90. The maximum Gasteiger partial charge on any atom is 0.150 e. The summed E-state index contributed by atoms with van der Waals surface area (Å²) >= 11 is 6.01. The van der Waals surface area contributed by atoms with Crippen LogP contribution in [0.2, 0.25) is 5.02 Å². The van der Waals surface area contributed by atoms with Crippen LogP contribution in [0.3, 0.4) is 0 Å². The van der Waals surface area contributed by atoms with Crippen LogP contribution in [0.4, 0.5) is 14.5 Å². The Kier molecular flexibility index (Phi) is 4.31. The highest BCUT2D eigenvalue weighted by atomic mass is 35.5. The number of hydrogen-bond donors (Lipinski definition) is 1. The Labute approximate surface area is 117 Å². The molecule has 2 nitrogen and oxygen atoms in total. The lowest BCUT2D eigenvalue weighted by atomic mass is 9.86. The fourth-order valence-corrected chi connectivity index (χ4v) is 3.20. The van der Waals surface area contributed by atoms with E-state index in [0.717, 1.165) is 12.5 Å². The van der Waals surface area contributed by atoms with Crippen molar-refractivity contribution in [3.8, 4) is 0 Å². The summed E-state index contributed by atoms with van der Waals surface area (Å²) in [6, 6.07) is 2.61. The zero-order chi connectivity index (χ0) is 14.2. The van der Waals surface area contributed by atoms with Crippen LogP contribution < -0.4 is 10.2 Å². The molecule has 1 aromatic rings. The zero-order valence-electron chi connectivity index (χ0n) is 11.4. The van der Waals surface area contributed by atoms with Gasteiger partial charge in [0.2, 0.25) is 0 Å². The first-order valence-electron chi connectivity index (χ1n) is 6.54. The van der Waals surface area contributed by atoms with Gasteiger partial charge in [-0.1, -0.05) is 18.5 Å². The topological polar surface area (TPSA) is 15.3 Å². The van der Waals surface area contributed by atoms with Crippen molar-refractivity contribution in [3.63, 3.8) is 0 Å². The first kappa shape index (κ1) is 14.5. The van der Waals surface area contributed by atoms with E-state index in [4.69, 9.17) is 11.6 Å². The van der Waals surface area contributed by atoms with E-state index in [-0.39, 0.29) is 11.1 Å². The molecule has 1 aromatic carbocycles. The summed E-state index contributed by atoms with van der Waals surface area (Å²) in [5.74, 6) is -0.872. The van der Waals surface area contributed by atoms with Gasteiger partial charge >= 0.3 is 0 Å². The van der Waals surface area contributed by atoms with Gasteiger partial charge in [0, 0.05) is 24.7 Å². The van der Waals surface area contributed by atoms with Gasteiger partial charge in [0.15, 0.2) is 5.82 Å². The summed E-state index contributed by atoms with van der Waals surface area (Å²) in [6.07, 6.45) is 0.912. The van der Waals surface area contributed by atoms with E-state index in [0.29, 0.717) is 24.2 Å². The van der Waals surface area contributed by atoms with E-state index >= 15 is 0 Å². The number of rotatable bonds is 2. The van der Waals surface area contributed by atoms with E-state index in [9.17, 15) is 8.78 Å². The van der Waals surface area contributed by atoms with Crippen LogP contribution >= 0.6 is 11.6 Å². The molecule has 0 radical (unpaired) electrons. The second-order valence-corrected chi connectivity index (χ2v) is 5.60. The Bertz CT molecular complexity index is 444. The lowest BCUT2D eigenvalue weighted by Gasteiger charge is -2.44. The Morgan fingerprint density at radius 1 is 1.32 bits per heavy atom. The molecule has 0 amide bonds. The molecule has 1 aliphatic heterocycles. The third-order valence-corrected chi connectivity index (χ3v) is 4.50. The zero-order valence-corrected chi connectivity index (χ0v) is 12.1. The SMILES string of the molecule is CNC1CCN(c2c(F)cc(F)cc2Cl)C(C)C1C. The number of halogens is 3. The molecule has 3 atom stereocenters. The monoisotopic (exact) mass is 288 g/mol. The molecule has 1 N–H and O–H groups in total. The van der Waals surface area contributed by atoms with Gasteiger partial charge in [-0.25, -0.2) is 8.78 Å². The van der Waals surface area contributed by atoms with E-state index in [1.54, 1.807) is 0 Å². The quantitative estimate of drug-likeness (QED) is 0.897. The van der Waals surface area contributed by atoms with Crippen molar-refractivity contribution in [3.05, 3.63) is 28.8 Å². The van der Waals surface area contributed by atoms with Crippen LogP contribution in [-0.4, -0.2) is 25.7 Å². The highest BCUT2D eigenvalue weighted by molar-refractivity contribution is 6.33. The lowest BCUT2D eigenvalue weighted by molar-refractivity contribution is 0.281. The predicted molar refractivity (Wildman–Crippen MR) is 74.8 cm³/mol. The second-order valence-electron chi connectivity index (χ2n) is 5.19. The number of nitrogens with one attached hydrogen (secondary N) is 1. The molecule has 19 heavy (non-hydrogen) atoms. The highest BCUT2D eigenvalue weighted by Gasteiger charge is 2.33. The molecule has 0 spiro atoms. The van der Waals surface area contributed by atoms with Crippen LogP contribution in [0.15, 0.2) is 12.1 Å². The molecule has 0 aromatic heterocycles. The second kappa shape index (κ2) is 5.63. The first-order chi connectivity index (χ1) is 8.95. The molecule has 1 saturated heterocycles. The largest absolute Gasteiger partial charge is 0.365 e. The van der Waals surface area contributed by atoms with Gasteiger partial charge in [-0.2, -0.15) is 0 Å². The maximum atomic E-state index is 14.0. The minimum Gasteiger partial charge on any atom is -0.365 e. The molecule has 0 aliphatic carbocycles. The summed E-state index contributed by atoms with van der Waals surface area (Å²) in [6.45, 7) is 4.89. The molecule has 1 fully saturated rings. The minimum atomic E-state index is -0.642. The number of hydrogen-bond acceptors (Lipinski definition) is 2. The van der Waals surface area contributed by atoms with Gasteiger partial charge in [-0.15, -0.1) is 0 Å². The molecule has 106 valence electrons. The highest BCUT2D eigenvalue weighted by Crippen LogP contribution is 2.35. The Morgan fingerprint density at radius 2 is 2.00 bits per heavy atom. The van der Waals surface area contributed by atoms with Crippen LogP contribution in [0.25, 0.3) is 0 Å². The Balaban J connectivity index is 2.33. The Morgan fingerprint density at radius 3 is 2.58 bits per heavy atom. The van der Waals surface area contributed by atoms with E-state index in [2.05, 4.69) is 12.2 Å². The molecule has 2 rings (SSSR count). The smallest absolute Gasteiger partial charge is 0.150 e. The van der Waals surface area contributed by atoms with Gasteiger partial charge in [-0.3, -0.25) is 0 Å². The number of nitrogens with zero attached hydrogens (tertiary/aromatic N) is 1. The summed E-state index contributed by atoms with van der Waals surface area (Å²) in [7, 11) is 1.94. The molecule has 5 heteroatoms. The first-order valence-corrected chi connectivity index (χ1v) is 6.92. The Hall–Kier alpha value is -0.870. The molecule has 3 unspecified atom stereocenters. The van der Waals surface area contributed by atoms with Crippen molar-refractivity contribution in [1.82, 2.24) is 5.32 Å². The van der Waals surface area contributed by atoms with Gasteiger partial charge in [0.05, 0.1) is 10.7 Å². The van der Waals surface area contributed by atoms with Gasteiger partial charge in [0.25, 0.3) is 0 Å². The maximum absolute atomic E-state index is 14.0. The van der Waals surface area contributed by atoms with Crippen molar-refractivity contribution in [2.45, 2.75) is 32.4 Å². The van der Waals surface area contributed by atoms with Gasteiger partial charge in [0.1, 0.15) is 5.82 Å². The number of anilines is 1. The molecule has 0 bridgehead atoms. The van der Waals surface area contributed by atoms with Gasteiger partial charge < -0.3 is 10.2 Å². The summed E-state index contributed by atoms with van der Waals surface area (Å²) in [5, 5.41) is 3.42. The van der Waals surface area contributed by atoms with Crippen molar-refractivity contribution in [2.75, 3.05) is 18.5 Å². The van der Waals surface area contributed by atoms with Crippen LogP contribution in [0, 0.1) is 17.6 Å². The summed E-state index contributed by atoms with van der Waals surface area (Å²) < 4.78 is 27.1. The van der Waals surface area contributed by atoms with Crippen molar-refractivity contribution >= 4 is 17.3 Å². The number of piperidine rings is 1. The van der Waals surface area contributed by atoms with Gasteiger partial charge in [-0.05, 0) is 32.4 Å². The van der Waals surface area contributed by atoms with E-state index < -0.39 is 11.6 Å². The van der Waals surface area contributed by atoms with Crippen LogP contribution in [-0.2, 0) is 0 Å². The minimum absolute atomic E-state index is 0.138. The average Bonchev–Trinajstić information content (AvgIpc) is 2.33. The summed E-state index contributed by atoms with van der Waals surface area (Å²) in [4.78, 5) is 1.94. The van der Waals surface area contributed by atoms with E-state index in [1.165, 1.54) is 6.07 Å². The lowest BCUT2D eigenvalue weighted by Crippen LogP contribution is -2.53. The molecule has 1 aliphatic rings. The van der Waals surface area contributed by atoms with Crippen molar-refractivity contribution < 1.29 is 8.78 Å². The third-order valence-electron chi connectivity index (χ3n) is 4.21. The standard InChI is InChI=1S/C14H19ClF2N2/c1-8-9(2)19(5-4-13(8)18-3)14-11(15)6-10(16)7-12(14)17/h6-9,13,18H,4-5H2,1-3H3. The van der Waals surface area contributed by atoms with Crippen molar-refractivity contribution in [1.29, 1.82) is 0 Å². The normalized spacial score (nSPS) is 27.7. The van der Waals surface area contributed by atoms with Crippen LogP contribution in [0.1, 0.15) is 20.3 Å². The fraction of sp³-hybridized carbons (Fsp3) is 0.571. The van der Waals surface area contributed by atoms with Crippen molar-refractivity contribution in [2.24, 2.45) is 5.92 Å².